The van der Waals surface area contributed by atoms with Gasteiger partial charge in [-0.05, 0) is 36.9 Å². The van der Waals surface area contributed by atoms with Crippen molar-refractivity contribution in [3.63, 3.8) is 0 Å². The van der Waals surface area contributed by atoms with E-state index in [1.807, 2.05) is 12.1 Å². The minimum absolute atomic E-state index is 0.129. The quantitative estimate of drug-likeness (QED) is 0.513. The Morgan fingerprint density at radius 1 is 1.06 bits per heavy atom. The highest BCUT2D eigenvalue weighted by atomic mass is 35.5. The van der Waals surface area contributed by atoms with Gasteiger partial charge in [-0.25, -0.2) is 9.18 Å². The number of likely N-dealkylation sites (N-methyl/N-ethyl adjacent to an activating group) is 1. The van der Waals surface area contributed by atoms with Crippen molar-refractivity contribution in [1.29, 1.82) is 0 Å². The van der Waals surface area contributed by atoms with E-state index in [2.05, 4.69) is 29.0 Å². The Hall–Kier alpha value is -2.68. The Morgan fingerprint density at radius 3 is 2.26 bits per heavy atom. The number of rotatable bonds is 10. The fraction of sp³-hybridized carbons (Fsp3) is 0.462. The van der Waals surface area contributed by atoms with Gasteiger partial charge in [0.25, 0.3) is 0 Å². The molecule has 1 fully saturated rings. The number of nitrogens with one attached hydrogen (secondary N) is 1. The third kappa shape index (κ3) is 7.40. The summed E-state index contributed by atoms with van der Waals surface area (Å²) in [6.07, 6.45) is -1.00. The Bertz CT molecular complexity index is 979. The second-order valence-corrected chi connectivity index (χ2v) is 9.15. The van der Waals surface area contributed by atoms with Crippen molar-refractivity contribution in [1.82, 2.24) is 20.0 Å². The molecule has 0 saturated carbocycles. The zero-order chi connectivity index (χ0) is 25.4. The van der Waals surface area contributed by atoms with Crippen LogP contribution in [0, 0.1) is 5.82 Å². The molecule has 9 heteroatoms. The van der Waals surface area contributed by atoms with E-state index >= 15 is 0 Å². The Labute approximate surface area is 211 Å². The average molecular weight is 505 g/mol. The summed E-state index contributed by atoms with van der Waals surface area (Å²) in [6.45, 7) is 8.66. The van der Waals surface area contributed by atoms with Gasteiger partial charge in [0.05, 0.1) is 6.04 Å². The first kappa shape index (κ1) is 26.9. The second-order valence-electron chi connectivity index (χ2n) is 8.72. The predicted octanol–water partition coefficient (Wildman–Crippen LogP) is 3.89. The molecule has 1 aliphatic rings. The summed E-state index contributed by atoms with van der Waals surface area (Å²) < 4.78 is 14.7. The Balaban J connectivity index is 1.71. The average Bonchev–Trinajstić information content (AvgIpc) is 2.86. The third-order valence-corrected chi connectivity index (χ3v) is 6.86. The molecule has 1 heterocycles. The molecule has 3 rings (SSSR count). The molecule has 1 saturated heterocycles. The molecule has 1 aliphatic heterocycles. The summed E-state index contributed by atoms with van der Waals surface area (Å²) in [7, 11) is 0. The molecule has 0 radical (unpaired) electrons. The van der Waals surface area contributed by atoms with Crippen LogP contribution in [0.25, 0.3) is 0 Å². The number of amides is 2. The smallest absolute Gasteiger partial charge is 0.405 e. The van der Waals surface area contributed by atoms with Gasteiger partial charge in [-0.1, -0.05) is 55.8 Å². The lowest BCUT2D eigenvalue weighted by atomic mass is 10.0. The molecular weight excluding hydrogens is 471 g/mol. The number of hydrogen-bond donors (Lipinski definition) is 2. The lowest BCUT2D eigenvalue weighted by molar-refractivity contribution is -0.135. The molecule has 190 valence electrons. The van der Waals surface area contributed by atoms with Crippen LogP contribution in [0.1, 0.15) is 31.0 Å². The first-order chi connectivity index (χ1) is 16.8. The molecule has 35 heavy (non-hydrogen) atoms. The number of carbonyl (C=O) groups excluding carboxylic acids is 1. The molecule has 0 spiro atoms. The van der Waals surface area contributed by atoms with Crippen molar-refractivity contribution in [2.75, 3.05) is 45.8 Å². The van der Waals surface area contributed by atoms with Crippen LogP contribution in [-0.2, 0) is 11.2 Å². The van der Waals surface area contributed by atoms with Crippen LogP contribution in [0.5, 0.6) is 0 Å². The topological polar surface area (TPSA) is 76.1 Å². The normalized spacial score (nSPS) is 16.2. The minimum Gasteiger partial charge on any atom is -0.465 e. The molecule has 2 aromatic carbocycles. The van der Waals surface area contributed by atoms with Crippen LogP contribution >= 0.6 is 11.6 Å². The van der Waals surface area contributed by atoms with E-state index in [1.165, 1.54) is 6.07 Å². The first-order valence-electron chi connectivity index (χ1n) is 12.1. The summed E-state index contributed by atoms with van der Waals surface area (Å²) in [6, 6.07) is 12.9. The van der Waals surface area contributed by atoms with Crippen molar-refractivity contribution in [2.45, 2.75) is 32.4 Å². The predicted molar refractivity (Wildman–Crippen MR) is 135 cm³/mol. The maximum Gasteiger partial charge on any atom is 0.405 e. The van der Waals surface area contributed by atoms with E-state index < -0.39 is 12.1 Å². The molecule has 2 amide bonds. The van der Waals surface area contributed by atoms with Crippen LogP contribution in [0.2, 0.25) is 5.02 Å². The maximum atomic E-state index is 14.7. The van der Waals surface area contributed by atoms with Crippen LogP contribution in [0.15, 0.2) is 48.5 Å². The molecule has 0 bridgehead atoms. The standard InChI is InChI=1S/C26H34ClFN4O3/c1-3-30(4-2)18-24(21-7-5-6-8-22(21)28)31-13-15-32(16-14-31)25(33)23(29-26(34)35)17-19-9-11-20(27)12-10-19/h5-12,23-24,29H,3-4,13-18H2,1-2H3,(H,34,35). The van der Waals surface area contributed by atoms with Crippen molar-refractivity contribution >= 4 is 23.6 Å². The van der Waals surface area contributed by atoms with Gasteiger partial charge >= 0.3 is 6.09 Å². The van der Waals surface area contributed by atoms with E-state index in [-0.39, 0.29) is 24.2 Å². The van der Waals surface area contributed by atoms with Crippen molar-refractivity contribution in [3.05, 3.63) is 70.5 Å². The van der Waals surface area contributed by atoms with Crippen molar-refractivity contribution in [2.24, 2.45) is 0 Å². The summed E-state index contributed by atoms with van der Waals surface area (Å²) in [5.41, 5.74) is 1.48. The number of halogens is 2. The number of piperazine rings is 1. The number of hydrogen-bond acceptors (Lipinski definition) is 4. The molecule has 2 unspecified atom stereocenters. The Morgan fingerprint density at radius 2 is 1.69 bits per heavy atom. The summed E-state index contributed by atoms with van der Waals surface area (Å²) in [5, 5.41) is 12.2. The maximum absolute atomic E-state index is 14.7. The van der Waals surface area contributed by atoms with Gasteiger partial charge in [-0.2, -0.15) is 0 Å². The fourth-order valence-corrected chi connectivity index (χ4v) is 4.69. The van der Waals surface area contributed by atoms with E-state index in [0.29, 0.717) is 43.3 Å². The van der Waals surface area contributed by atoms with Crippen LogP contribution in [0.4, 0.5) is 9.18 Å². The van der Waals surface area contributed by atoms with Gasteiger partial charge in [0.1, 0.15) is 11.9 Å². The minimum atomic E-state index is -1.24. The first-order valence-corrected chi connectivity index (χ1v) is 12.4. The number of nitrogens with zero attached hydrogens (tertiary/aromatic N) is 3. The van der Waals surface area contributed by atoms with E-state index in [9.17, 15) is 19.1 Å². The van der Waals surface area contributed by atoms with Gasteiger partial charge < -0.3 is 20.2 Å². The lowest BCUT2D eigenvalue weighted by Crippen LogP contribution is -2.56. The van der Waals surface area contributed by atoms with Crippen LogP contribution in [0.3, 0.4) is 0 Å². The molecule has 2 atom stereocenters. The summed E-state index contributed by atoms with van der Waals surface area (Å²) in [4.78, 5) is 30.8. The third-order valence-electron chi connectivity index (χ3n) is 6.61. The van der Waals surface area contributed by atoms with Gasteiger partial charge in [0, 0.05) is 49.7 Å². The Kier molecular flexibility index (Phi) is 9.89. The lowest BCUT2D eigenvalue weighted by Gasteiger charge is -2.41. The highest BCUT2D eigenvalue weighted by Gasteiger charge is 2.32. The van der Waals surface area contributed by atoms with Gasteiger partial charge in [0.15, 0.2) is 0 Å². The van der Waals surface area contributed by atoms with E-state index in [0.717, 1.165) is 18.7 Å². The SMILES string of the molecule is CCN(CC)CC(c1ccccc1F)N1CCN(C(=O)C(Cc2ccc(Cl)cc2)NC(=O)O)CC1. The highest BCUT2D eigenvalue weighted by Crippen LogP contribution is 2.26. The van der Waals surface area contributed by atoms with E-state index in [1.54, 1.807) is 35.2 Å². The molecule has 7 nitrogen and oxygen atoms in total. The second kappa shape index (κ2) is 12.9. The molecular formula is C26H34ClFN4O3. The number of carbonyl (C=O) groups is 2. The van der Waals surface area contributed by atoms with Crippen molar-refractivity contribution < 1.29 is 19.1 Å². The monoisotopic (exact) mass is 504 g/mol. The zero-order valence-corrected chi connectivity index (χ0v) is 21.0. The largest absolute Gasteiger partial charge is 0.465 e. The van der Waals surface area contributed by atoms with E-state index in [4.69, 9.17) is 11.6 Å². The molecule has 2 N–H and O–H groups in total. The molecule has 0 aromatic heterocycles. The molecule has 0 aliphatic carbocycles. The van der Waals surface area contributed by atoms with Gasteiger partial charge in [-0.3, -0.25) is 9.69 Å². The van der Waals surface area contributed by atoms with Crippen LogP contribution < -0.4 is 5.32 Å². The highest BCUT2D eigenvalue weighted by molar-refractivity contribution is 6.30. The number of carboxylic acid groups (broad SMARTS) is 1. The summed E-state index contributed by atoms with van der Waals surface area (Å²) in [5.74, 6) is -0.481. The zero-order valence-electron chi connectivity index (χ0n) is 20.3. The molecule has 2 aromatic rings. The number of benzene rings is 2. The summed E-state index contributed by atoms with van der Waals surface area (Å²) >= 11 is 5.94. The van der Waals surface area contributed by atoms with Crippen LogP contribution in [-0.4, -0.2) is 83.7 Å². The van der Waals surface area contributed by atoms with Gasteiger partial charge in [0.2, 0.25) is 5.91 Å². The fourth-order valence-electron chi connectivity index (χ4n) is 4.56. The van der Waals surface area contributed by atoms with Gasteiger partial charge in [-0.15, -0.1) is 0 Å². The van der Waals surface area contributed by atoms with Crippen molar-refractivity contribution in [3.8, 4) is 0 Å².